The van der Waals surface area contributed by atoms with Gasteiger partial charge in [0.2, 0.25) is 5.82 Å². The lowest BCUT2D eigenvalue weighted by Gasteiger charge is -2.13. The van der Waals surface area contributed by atoms with Gasteiger partial charge in [-0.25, -0.2) is 0 Å². The largest absolute Gasteiger partial charge is 0.494 e. The Hall–Kier alpha value is -1.29. The van der Waals surface area contributed by atoms with E-state index in [1.54, 1.807) is 0 Å². The molecule has 1 aromatic carbocycles. The van der Waals surface area contributed by atoms with Crippen molar-refractivity contribution in [1.29, 1.82) is 0 Å². The first-order valence-electron chi connectivity index (χ1n) is 4.75. The molecule has 82 valence electrons. The van der Waals surface area contributed by atoms with Crippen molar-refractivity contribution in [1.82, 2.24) is 0 Å². The van der Waals surface area contributed by atoms with Gasteiger partial charge in [0.1, 0.15) is 0 Å². The summed E-state index contributed by atoms with van der Waals surface area (Å²) in [5.74, 6) is -0.331. The van der Waals surface area contributed by atoms with Crippen LogP contribution in [0, 0.1) is 5.82 Å². The zero-order valence-corrected chi connectivity index (χ0v) is 8.71. The number of methoxy groups -OCH3 is 2. The van der Waals surface area contributed by atoms with E-state index >= 15 is 0 Å². The third kappa shape index (κ3) is 1.65. The first-order chi connectivity index (χ1) is 7.10. The van der Waals surface area contributed by atoms with Gasteiger partial charge in [-0.3, -0.25) is 0 Å². The van der Waals surface area contributed by atoms with Crippen molar-refractivity contribution in [2.24, 2.45) is 0 Å². The molecule has 0 unspecified atom stereocenters. The normalized spacial score (nSPS) is 17.3. The molecule has 1 N–H and O–H groups in total. The van der Waals surface area contributed by atoms with Crippen LogP contribution in [0.25, 0.3) is 0 Å². The van der Waals surface area contributed by atoms with Gasteiger partial charge in [-0.15, -0.1) is 0 Å². The Labute approximate surface area is 87.4 Å². The van der Waals surface area contributed by atoms with E-state index in [4.69, 9.17) is 9.47 Å². The molecule has 1 aromatic rings. The summed E-state index contributed by atoms with van der Waals surface area (Å²) in [5, 5.41) is 9.90. The number of rotatable bonds is 3. The van der Waals surface area contributed by atoms with Crippen molar-refractivity contribution in [3.63, 3.8) is 0 Å². The van der Waals surface area contributed by atoms with E-state index < -0.39 is 11.4 Å². The second-order valence-electron chi connectivity index (χ2n) is 3.73. The molecule has 0 heterocycles. The van der Waals surface area contributed by atoms with Crippen LogP contribution in [-0.4, -0.2) is 19.3 Å². The highest BCUT2D eigenvalue weighted by atomic mass is 19.1. The van der Waals surface area contributed by atoms with Crippen LogP contribution in [0.15, 0.2) is 12.1 Å². The van der Waals surface area contributed by atoms with E-state index in [0.717, 1.165) is 0 Å². The smallest absolute Gasteiger partial charge is 0.206 e. The minimum absolute atomic E-state index is 0.102. The summed E-state index contributed by atoms with van der Waals surface area (Å²) in [5.41, 5.74) is -0.161. The van der Waals surface area contributed by atoms with Gasteiger partial charge < -0.3 is 14.6 Å². The molecule has 0 saturated heterocycles. The average molecular weight is 212 g/mol. The molecule has 1 aliphatic rings. The Morgan fingerprint density at radius 1 is 1.20 bits per heavy atom. The van der Waals surface area contributed by atoms with E-state index in [1.807, 2.05) is 0 Å². The Kier molecular flexibility index (Phi) is 2.31. The van der Waals surface area contributed by atoms with Crippen molar-refractivity contribution < 1.29 is 19.0 Å². The molecule has 0 radical (unpaired) electrons. The second kappa shape index (κ2) is 3.38. The maximum atomic E-state index is 13.5. The van der Waals surface area contributed by atoms with E-state index in [0.29, 0.717) is 18.4 Å². The maximum absolute atomic E-state index is 13.5. The molecule has 0 aromatic heterocycles. The topological polar surface area (TPSA) is 38.7 Å². The first-order valence-corrected chi connectivity index (χ1v) is 4.75. The van der Waals surface area contributed by atoms with Gasteiger partial charge in [-0.1, -0.05) is 0 Å². The third-order valence-electron chi connectivity index (χ3n) is 2.71. The SMILES string of the molecule is COc1cc(C2(O)CC2)cc(OC)c1F. The lowest BCUT2D eigenvalue weighted by atomic mass is 10.1. The standard InChI is InChI=1S/C11H13FO3/c1-14-8-5-7(11(13)3-4-11)6-9(15-2)10(8)12/h5-6,13H,3-4H2,1-2H3. The van der Waals surface area contributed by atoms with Crippen molar-refractivity contribution in [3.05, 3.63) is 23.5 Å². The van der Waals surface area contributed by atoms with Crippen LogP contribution in [0.4, 0.5) is 4.39 Å². The van der Waals surface area contributed by atoms with Crippen molar-refractivity contribution in [2.75, 3.05) is 14.2 Å². The highest BCUT2D eigenvalue weighted by molar-refractivity contribution is 5.44. The molecule has 1 saturated carbocycles. The van der Waals surface area contributed by atoms with Gasteiger partial charge in [0.05, 0.1) is 19.8 Å². The zero-order valence-electron chi connectivity index (χ0n) is 8.71. The molecular weight excluding hydrogens is 199 g/mol. The maximum Gasteiger partial charge on any atom is 0.206 e. The zero-order chi connectivity index (χ0) is 11.1. The van der Waals surface area contributed by atoms with E-state index in [9.17, 15) is 9.50 Å². The van der Waals surface area contributed by atoms with E-state index in [2.05, 4.69) is 0 Å². The highest BCUT2D eigenvalue weighted by Gasteiger charge is 2.43. The summed E-state index contributed by atoms with van der Waals surface area (Å²) in [6.07, 6.45) is 1.40. The Morgan fingerprint density at radius 3 is 2.00 bits per heavy atom. The monoisotopic (exact) mass is 212 g/mol. The first kappa shape index (κ1) is 10.2. The summed E-state index contributed by atoms with van der Waals surface area (Å²) >= 11 is 0. The van der Waals surface area contributed by atoms with Crippen LogP contribution in [0.5, 0.6) is 11.5 Å². The van der Waals surface area contributed by atoms with Crippen LogP contribution in [0.1, 0.15) is 18.4 Å². The number of ether oxygens (including phenoxy) is 2. The van der Waals surface area contributed by atoms with Crippen molar-refractivity contribution in [3.8, 4) is 11.5 Å². The number of aliphatic hydroxyl groups is 1. The second-order valence-corrected chi connectivity index (χ2v) is 3.73. The minimum Gasteiger partial charge on any atom is -0.494 e. The van der Waals surface area contributed by atoms with Gasteiger partial charge >= 0.3 is 0 Å². The predicted molar refractivity (Wildman–Crippen MR) is 52.6 cm³/mol. The van der Waals surface area contributed by atoms with Crippen molar-refractivity contribution >= 4 is 0 Å². The van der Waals surface area contributed by atoms with Gasteiger partial charge in [0.25, 0.3) is 0 Å². The van der Waals surface area contributed by atoms with Crippen LogP contribution < -0.4 is 9.47 Å². The highest BCUT2D eigenvalue weighted by Crippen LogP contribution is 2.47. The molecule has 3 nitrogen and oxygen atoms in total. The molecule has 1 fully saturated rings. The van der Waals surface area contributed by atoms with Crippen LogP contribution in [-0.2, 0) is 5.60 Å². The lowest BCUT2D eigenvalue weighted by Crippen LogP contribution is -2.06. The number of hydrogen-bond donors (Lipinski definition) is 1. The average Bonchev–Trinajstić information content (AvgIpc) is 2.98. The Morgan fingerprint density at radius 2 is 1.67 bits per heavy atom. The molecule has 0 spiro atoms. The molecule has 0 bridgehead atoms. The third-order valence-corrected chi connectivity index (χ3v) is 2.71. The fourth-order valence-corrected chi connectivity index (χ4v) is 1.55. The van der Waals surface area contributed by atoms with Gasteiger partial charge in [-0.05, 0) is 30.5 Å². The number of benzene rings is 1. The summed E-state index contributed by atoms with van der Waals surface area (Å²) in [6.45, 7) is 0. The molecule has 0 atom stereocenters. The summed E-state index contributed by atoms with van der Waals surface area (Å²) < 4.78 is 23.3. The Balaban J connectivity index is 2.49. The fourth-order valence-electron chi connectivity index (χ4n) is 1.55. The quantitative estimate of drug-likeness (QED) is 0.830. The lowest BCUT2D eigenvalue weighted by molar-refractivity contribution is 0.150. The summed E-state index contributed by atoms with van der Waals surface area (Å²) in [4.78, 5) is 0. The Bertz CT molecular complexity index is 360. The molecular formula is C11H13FO3. The molecule has 4 heteroatoms. The summed E-state index contributed by atoms with van der Waals surface area (Å²) in [7, 11) is 2.77. The van der Waals surface area contributed by atoms with Crippen LogP contribution in [0.2, 0.25) is 0 Å². The van der Waals surface area contributed by atoms with Crippen molar-refractivity contribution in [2.45, 2.75) is 18.4 Å². The predicted octanol–water partition coefficient (Wildman–Crippen LogP) is 1.82. The minimum atomic E-state index is -0.811. The molecule has 2 rings (SSSR count). The fraction of sp³-hybridized carbons (Fsp3) is 0.455. The van der Waals surface area contributed by atoms with Gasteiger partial charge in [-0.2, -0.15) is 4.39 Å². The van der Waals surface area contributed by atoms with Crippen LogP contribution >= 0.6 is 0 Å². The number of halogens is 1. The van der Waals surface area contributed by atoms with Crippen LogP contribution in [0.3, 0.4) is 0 Å². The summed E-state index contributed by atoms with van der Waals surface area (Å²) in [6, 6.07) is 3.04. The molecule has 1 aliphatic carbocycles. The van der Waals surface area contributed by atoms with E-state index in [-0.39, 0.29) is 11.5 Å². The number of hydrogen-bond acceptors (Lipinski definition) is 3. The van der Waals surface area contributed by atoms with Gasteiger partial charge in [0, 0.05) is 0 Å². The van der Waals surface area contributed by atoms with Gasteiger partial charge in [0.15, 0.2) is 11.5 Å². The van der Waals surface area contributed by atoms with E-state index in [1.165, 1.54) is 26.4 Å². The molecule has 15 heavy (non-hydrogen) atoms. The molecule has 0 aliphatic heterocycles. The molecule has 0 amide bonds.